The number of hydrogen-bond acceptors (Lipinski definition) is 1. The lowest BCUT2D eigenvalue weighted by Crippen LogP contribution is -2.11. The van der Waals surface area contributed by atoms with Gasteiger partial charge in [-0.2, -0.15) is 0 Å². The molecule has 1 N–H and O–H groups in total. The fraction of sp³-hybridized carbons (Fsp3) is 0.800. The van der Waals surface area contributed by atoms with Gasteiger partial charge in [-0.25, -0.2) is 4.21 Å². The molecule has 2 nitrogen and oxygen atoms in total. The van der Waals surface area contributed by atoms with E-state index in [9.17, 15) is 4.21 Å². The first kappa shape index (κ1) is 7.85. The van der Waals surface area contributed by atoms with Crippen molar-refractivity contribution in [1.82, 2.24) is 5.32 Å². The maximum atomic E-state index is 9.69. The molecule has 0 aromatic heterocycles. The van der Waals surface area contributed by atoms with Crippen molar-refractivity contribution < 1.29 is 4.21 Å². The molecule has 3 heteroatoms. The molecule has 0 aliphatic heterocycles. The Morgan fingerprint density at radius 3 is 3.00 bits per heavy atom. The Kier molecular flexibility index (Phi) is 6.72. The summed E-state index contributed by atoms with van der Waals surface area (Å²) in [7, 11) is 0. The quantitative estimate of drug-likeness (QED) is 0.443. The van der Waals surface area contributed by atoms with E-state index in [-0.39, 0.29) is 0 Å². The molecule has 0 saturated carbocycles. The summed E-state index contributed by atoms with van der Waals surface area (Å²) < 4.78 is 9.69. The molecule has 0 bridgehead atoms. The molecule has 0 rings (SSSR count). The van der Waals surface area contributed by atoms with Crippen LogP contribution in [0.1, 0.15) is 19.8 Å². The molecule has 0 atom stereocenters. The van der Waals surface area contributed by atoms with Crippen LogP contribution >= 0.6 is 0 Å². The normalized spacial score (nSPS) is 8.62. The van der Waals surface area contributed by atoms with Crippen molar-refractivity contribution in [2.45, 2.75) is 19.8 Å². The van der Waals surface area contributed by atoms with Gasteiger partial charge in [-0.05, 0) is 6.42 Å². The van der Waals surface area contributed by atoms with Crippen molar-refractivity contribution >= 4 is 16.7 Å². The van der Waals surface area contributed by atoms with E-state index in [1.807, 2.05) is 0 Å². The van der Waals surface area contributed by atoms with E-state index in [2.05, 4.69) is 12.2 Å². The Bertz CT molecular complexity index is 88.4. The van der Waals surface area contributed by atoms with Gasteiger partial charge in [-0.1, -0.05) is 13.3 Å². The number of rotatable bonds is 4. The standard InChI is InChI=1S/C5H11NOS/c1-2-3-4-6-5-8-7/h5-6H,2-4H2,1H3. The molecule has 0 radical (unpaired) electrons. The van der Waals surface area contributed by atoms with Crippen LogP contribution in [0.3, 0.4) is 0 Å². The first-order valence-corrected chi connectivity index (χ1v) is 3.56. The van der Waals surface area contributed by atoms with Crippen LogP contribution in [0.2, 0.25) is 0 Å². The molecule has 8 heavy (non-hydrogen) atoms. The molecule has 0 aliphatic carbocycles. The predicted octanol–water partition coefficient (Wildman–Crippen LogP) is 0.349. The summed E-state index contributed by atoms with van der Waals surface area (Å²) in [6.45, 7) is 3.04. The van der Waals surface area contributed by atoms with Gasteiger partial charge in [-0.15, -0.1) is 0 Å². The highest BCUT2D eigenvalue weighted by atomic mass is 32.1. The second-order valence-electron chi connectivity index (χ2n) is 1.52. The molecular weight excluding hydrogens is 122 g/mol. The highest BCUT2D eigenvalue weighted by Gasteiger charge is 1.76. The topological polar surface area (TPSA) is 29.1 Å². The van der Waals surface area contributed by atoms with Crippen LogP contribution in [0.15, 0.2) is 0 Å². The van der Waals surface area contributed by atoms with Gasteiger partial charge in [0.2, 0.25) is 0 Å². The summed E-state index contributed by atoms with van der Waals surface area (Å²) in [6, 6.07) is 0. The van der Waals surface area contributed by atoms with Crippen molar-refractivity contribution in [2.75, 3.05) is 6.54 Å². The van der Waals surface area contributed by atoms with E-state index in [1.54, 1.807) is 0 Å². The Morgan fingerprint density at radius 2 is 2.50 bits per heavy atom. The van der Waals surface area contributed by atoms with Gasteiger partial charge in [0.1, 0.15) is 11.3 Å². The van der Waals surface area contributed by atoms with Gasteiger partial charge in [0.25, 0.3) is 0 Å². The van der Waals surface area contributed by atoms with Gasteiger partial charge in [0, 0.05) is 6.54 Å². The SMILES string of the molecule is CCCCNC=S=O. The average Bonchev–Trinajstić information content (AvgIpc) is 1.81. The maximum absolute atomic E-state index is 9.69. The van der Waals surface area contributed by atoms with Crippen LogP contribution in [-0.2, 0) is 11.3 Å². The summed E-state index contributed by atoms with van der Waals surface area (Å²) in [5, 5.41) is 2.86. The van der Waals surface area contributed by atoms with Gasteiger partial charge in [0.05, 0.1) is 5.49 Å². The number of hydrogen-bond donors (Lipinski definition) is 1. The zero-order chi connectivity index (χ0) is 6.24. The van der Waals surface area contributed by atoms with E-state index < -0.39 is 0 Å². The average molecular weight is 133 g/mol. The Hall–Kier alpha value is -0.150. The lowest BCUT2D eigenvalue weighted by Gasteiger charge is -1.90. The summed E-state index contributed by atoms with van der Waals surface area (Å²) >= 11 is 0.466. The first-order chi connectivity index (χ1) is 3.91. The third-order valence-corrected chi connectivity index (χ3v) is 1.07. The fourth-order valence-corrected chi connectivity index (χ4v) is 0.558. The molecule has 0 fully saturated rings. The molecule has 48 valence electrons. The fourth-order valence-electron chi connectivity index (χ4n) is 0.372. The van der Waals surface area contributed by atoms with Crippen LogP contribution < -0.4 is 5.32 Å². The summed E-state index contributed by atoms with van der Waals surface area (Å²) in [5.41, 5.74) is 1.47. The highest BCUT2D eigenvalue weighted by molar-refractivity contribution is 7.64. The van der Waals surface area contributed by atoms with E-state index in [0.717, 1.165) is 13.0 Å². The van der Waals surface area contributed by atoms with Crippen molar-refractivity contribution in [3.63, 3.8) is 0 Å². The lowest BCUT2D eigenvalue weighted by atomic mass is 10.3. The second-order valence-corrected chi connectivity index (χ2v) is 1.95. The molecule has 0 aromatic rings. The Labute approximate surface area is 53.4 Å². The van der Waals surface area contributed by atoms with E-state index in [0.29, 0.717) is 11.3 Å². The highest BCUT2D eigenvalue weighted by Crippen LogP contribution is 1.79. The minimum absolute atomic E-state index is 0.466. The van der Waals surface area contributed by atoms with Crippen molar-refractivity contribution in [1.29, 1.82) is 0 Å². The molecule has 0 aliphatic rings. The smallest absolute Gasteiger partial charge is 0.100 e. The molecular formula is C5H11NOS. The molecule has 0 unspecified atom stereocenters. The Balaban J connectivity index is 2.82. The molecule has 0 saturated heterocycles. The zero-order valence-corrected chi connectivity index (χ0v) is 5.83. The first-order valence-electron chi connectivity index (χ1n) is 2.75. The predicted molar refractivity (Wildman–Crippen MR) is 37.1 cm³/mol. The van der Waals surface area contributed by atoms with Gasteiger partial charge in [-0.3, -0.25) is 5.32 Å². The van der Waals surface area contributed by atoms with Crippen molar-refractivity contribution in [2.24, 2.45) is 0 Å². The van der Waals surface area contributed by atoms with Gasteiger partial charge in [0.15, 0.2) is 0 Å². The third kappa shape index (κ3) is 5.85. The molecule has 0 spiro atoms. The summed E-state index contributed by atoms with van der Waals surface area (Å²) in [4.78, 5) is 0. The minimum Gasteiger partial charge on any atom is -0.284 e. The number of nitrogens with one attached hydrogen (secondary N) is 1. The monoisotopic (exact) mass is 133 g/mol. The van der Waals surface area contributed by atoms with Crippen LogP contribution in [0, 0.1) is 0 Å². The maximum Gasteiger partial charge on any atom is 0.100 e. The van der Waals surface area contributed by atoms with Crippen LogP contribution in [0.25, 0.3) is 0 Å². The Morgan fingerprint density at radius 1 is 1.75 bits per heavy atom. The lowest BCUT2D eigenvalue weighted by molar-refractivity contribution is 0.700. The third-order valence-electron chi connectivity index (χ3n) is 0.806. The van der Waals surface area contributed by atoms with Crippen LogP contribution in [0.4, 0.5) is 0 Å². The van der Waals surface area contributed by atoms with Crippen molar-refractivity contribution in [3.05, 3.63) is 0 Å². The minimum atomic E-state index is 0.466. The molecule has 0 amide bonds. The summed E-state index contributed by atoms with van der Waals surface area (Å²) in [5.74, 6) is 0. The number of unbranched alkanes of at least 4 members (excludes halogenated alkanes) is 1. The van der Waals surface area contributed by atoms with E-state index in [4.69, 9.17) is 0 Å². The van der Waals surface area contributed by atoms with Crippen LogP contribution in [-0.4, -0.2) is 16.2 Å². The summed E-state index contributed by atoms with van der Waals surface area (Å²) in [6.07, 6.45) is 2.31. The second kappa shape index (κ2) is 6.85. The molecule has 0 heterocycles. The molecule has 0 aromatic carbocycles. The van der Waals surface area contributed by atoms with E-state index in [1.165, 1.54) is 11.9 Å². The van der Waals surface area contributed by atoms with Gasteiger partial charge < -0.3 is 0 Å². The van der Waals surface area contributed by atoms with Crippen molar-refractivity contribution in [3.8, 4) is 0 Å². The largest absolute Gasteiger partial charge is 0.284 e. The van der Waals surface area contributed by atoms with E-state index >= 15 is 0 Å². The van der Waals surface area contributed by atoms with Crippen LogP contribution in [0.5, 0.6) is 0 Å². The zero-order valence-electron chi connectivity index (χ0n) is 5.02. The van der Waals surface area contributed by atoms with Gasteiger partial charge >= 0.3 is 0 Å².